The molecule has 3 rings (SSSR count). The van der Waals surface area contributed by atoms with E-state index in [0.29, 0.717) is 0 Å². The Morgan fingerprint density at radius 3 is 2.50 bits per heavy atom. The van der Waals surface area contributed by atoms with Gasteiger partial charge in [0, 0.05) is 0 Å². The number of halogens is 1. The van der Waals surface area contributed by atoms with E-state index < -0.39 is 0 Å². The monoisotopic (exact) mass is 266 g/mol. The molecule has 2 aromatic carbocycles. The Kier molecular flexibility index (Phi) is 3.46. The van der Waals surface area contributed by atoms with Crippen LogP contribution in [0.3, 0.4) is 0 Å². The number of hydrogen-bond acceptors (Lipinski definition) is 1. The van der Waals surface area contributed by atoms with E-state index in [1.165, 1.54) is 17.7 Å². The highest BCUT2D eigenvalue weighted by molar-refractivity contribution is 5.74. The van der Waals surface area contributed by atoms with Crippen LogP contribution in [0.4, 0.5) is 4.39 Å². The molecule has 1 unspecified atom stereocenters. The molecule has 20 heavy (non-hydrogen) atoms. The molecule has 100 valence electrons. The number of hydrogen-bond donors (Lipinski definition) is 0. The molecule has 0 fully saturated rings. The average Bonchev–Trinajstić information content (AvgIpc) is 2.49. The van der Waals surface area contributed by atoms with Crippen LogP contribution >= 0.6 is 0 Å². The van der Waals surface area contributed by atoms with Crippen molar-refractivity contribution in [1.29, 1.82) is 0 Å². The second-order valence-corrected chi connectivity index (χ2v) is 5.08. The highest BCUT2D eigenvalue weighted by Crippen LogP contribution is 2.35. The summed E-state index contributed by atoms with van der Waals surface area (Å²) >= 11 is 0. The number of benzene rings is 2. The second kappa shape index (κ2) is 5.41. The van der Waals surface area contributed by atoms with Crippen molar-refractivity contribution in [1.82, 2.24) is 0 Å². The van der Waals surface area contributed by atoms with E-state index in [-0.39, 0.29) is 11.7 Å². The maximum atomic E-state index is 12.9. The summed E-state index contributed by atoms with van der Waals surface area (Å²) in [6.45, 7) is 0. The number of aryl methyl sites for hydroxylation is 1. The van der Waals surface area contributed by atoms with Gasteiger partial charge in [-0.05, 0) is 41.7 Å². The van der Waals surface area contributed by atoms with Crippen molar-refractivity contribution < 1.29 is 9.18 Å². The molecule has 1 aliphatic rings. The van der Waals surface area contributed by atoms with Crippen LogP contribution in [-0.4, -0.2) is 6.29 Å². The molecule has 0 bridgehead atoms. The standard InChI is InChI=1S/C18H15FO/c19-16-9-5-13(6-10-16)11-15-8-7-14-3-1-2-4-17(14)18(15)12-20/h1-6,9-12,18H,7-8H2. The van der Waals surface area contributed by atoms with Gasteiger partial charge >= 0.3 is 0 Å². The van der Waals surface area contributed by atoms with Gasteiger partial charge in [-0.25, -0.2) is 4.39 Å². The summed E-state index contributed by atoms with van der Waals surface area (Å²) < 4.78 is 12.9. The lowest BCUT2D eigenvalue weighted by Crippen LogP contribution is -2.13. The van der Waals surface area contributed by atoms with Gasteiger partial charge in [-0.15, -0.1) is 0 Å². The lowest BCUT2D eigenvalue weighted by atomic mass is 9.79. The molecule has 0 N–H and O–H groups in total. The second-order valence-electron chi connectivity index (χ2n) is 5.08. The van der Waals surface area contributed by atoms with Gasteiger partial charge in [0.1, 0.15) is 12.1 Å². The Hall–Kier alpha value is -2.22. The molecule has 1 nitrogen and oxygen atoms in total. The summed E-state index contributed by atoms with van der Waals surface area (Å²) in [5.74, 6) is -0.418. The van der Waals surface area contributed by atoms with Crippen LogP contribution < -0.4 is 0 Å². The highest BCUT2D eigenvalue weighted by Gasteiger charge is 2.23. The Balaban J connectivity index is 1.99. The van der Waals surface area contributed by atoms with Gasteiger partial charge in [0.25, 0.3) is 0 Å². The lowest BCUT2D eigenvalue weighted by Gasteiger charge is -2.24. The number of rotatable bonds is 2. The quantitative estimate of drug-likeness (QED) is 0.747. The normalized spacial score (nSPS) is 19.6. The summed E-state index contributed by atoms with van der Waals surface area (Å²) in [5.41, 5.74) is 4.39. The van der Waals surface area contributed by atoms with Crippen molar-refractivity contribution in [2.45, 2.75) is 18.8 Å². The lowest BCUT2D eigenvalue weighted by molar-refractivity contribution is -0.108. The van der Waals surface area contributed by atoms with Crippen LogP contribution in [0.2, 0.25) is 0 Å². The molecule has 0 amide bonds. The summed E-state index contributed by atoms with van der Waals surface area (Å²) in [6, 6.07) is 14.5. The predicted molar refractivity (Wildman–Crippen MR) is 77.9 cm³/mol. The van der Waals surface area contributed by atoms with E-state index in [4.69, 9.17) is 0 Å². The Morgan fingerprint density at radius 2 is 1.75 bits per heavy atom. The Labute approximate surface area is 117 Å². The van der Waals surface area contributed by atoms with Crippen LogP contribution in [-0.2, 0) is 11.2 Å². The van der Waals surface area contributed by atoms with Gasteiger partial charge in [0.2, 0.25) is 0 Å². The zero-order chi connectivity index (χ0) is 13.9. The number of fused-ring (bicyclic) bond motifs is 1. The minimum Gasteiger partial charge on any atom is -0.302 e. The SMILES string of the molecule is O=CC1C(=Cc2ccc(F)cc2)CCc2ccccc21. The first-order chi connectivity index (χ1) is 9.78. The van der Waals surface area contributed by atoms with E-state index in [2.05, 4.69) is 6.07 Å². The van der Waals surface area contributed by atoms with Gasteiger partial charge in [-0.2, -0.15) is 0 Å². The topological polar surface area (TPSA) is 17.1 Å². The van der Waals surface area contributed by atoms with Crippen molar-refractivity contribution >= 4 is 12.4 Å². The minimum absolute atomic E-state index is 0.176. The Bertz CT molecular complexity index is 655. The van der Waals surface area contributed by atoms with Gasteiger partial charge in [0.05, 0.1) is 5.92 Å². The zero-order valence-corrected chi connectivity index (χ0v) is 11.1. The van der Waals surface area contributed by atoms with Crippen molar-refractivity contribution in [2.24, 2.45) is 0 Å². The van der Waals surface area contributed by atoms with Gasteiger partial charge in [0.15, 0.2) is 0 Å². The molecular weight excluding hydrogens is 251 g/mol. The minimum atomic E-state index is -0.243. The van der Waals surface area contributed by atoms with Gasteiger partial charge in [-0.1, -0.05) is 48.0 Å². The fraction of sp³-hybridized carbons (Fsp3) is 0.167. The maximum Gasteiger partial charge on any atom is 0.131 e. The molecule has 0 heterocycles. The van der Waals surface area contributed by atoms with Crippen molar-refractivity contribution in [2.75, 3.05) is 0 Å². The molecule has 1 aliphatic carbocycles. The fourth-order valence-corrected chi connectivity index (χ4v) is 2.80. The molecule has 0 saturated heterocycles. The van der Waals surface area contributed by atoms with E-state index in [1.54, 1.807) is 12.1 Å². The van der Waals surface area contributed by atoms with Crippen molar-refractivity contribution in [3.8, 4) is 0 Å². The van der Waals surface area contributed by atoms with E-state index >= 15 is 0 Å². The highest BCUT2D eigenvalue weighted by atomic mass is 19.1. The number of aldehydes is 1. The molecular formula is C18H15FO. The zero-order valence-electron chi connectivity index (χ0n) is 11.1. The molecule has 1 atom stereocenters. The summed E-state index contributed by atoms with van der Waals surface area (Å²) in [5, 5.41) is 0. The van der Waals surface area contributed by atoms with Crippen molar-refractivity contribution in [3.05, 3.63) is 76.6 Å². The van der Waals surface area contributed by atoms with Crippen LogP contribution in [0.25, 0.3) is 6.08 Å². The molecule has 0 radical (unpaired) electrons. The molecule has 0 spiro atoms. The predicted octanol–water partition coefficient (Wildman–Crippen LogP) is 4.14. The van der Waals surface area contributed by atoms with Crippen LogP contribution in [0.5, 0.6) is 0 Å². The molecule has 0 saturated carbocycles. The first kappa shape index (κ1) is 12.8. The first-order valence-electron chi connectivity index (χ1n) is 6.77. The van der Waals surface area contributed by atoms with Crippen LogP contribution in [0.15, 0.2) is 54.1 Å². The largest absolute Gasteiger partial charge is 0.302 e. The first-order valence-corrected chi connectivity index (χ1v) is 6.77. The summed E-state index contributed by atoms with van der Waals surface area (Å²) in [4.78, 5) is 11.5. The van der Waals surface area contributed by atoms with E-state index in [9.17, 15) is 9.18 Å². The van der Waals surface area contributed by atoms with E-state index in [0.717, 1.165) is 35.8 Å². The molecule has 0 aromatic heterocycles. The summed E-state index contributed by atoms with van der Waals surface area (Å²) in [7, 11) is 0. The smallest absolute Gasteiger partial charge is 0.131 e. The van der Waals surface area contributed by atoms with Crippen LogP contribution in [0.1, 0.15) is 29.0 Å². The summed E-state index contributed by atoms with van der Waals surface area (Å²) in [6.07, 6.45) is 4.84. The maximum absolute atomic E-state index is 12.9. The third kappa shape index (κ3) is 2.42. The number of carbonyl (C=O) groups excluding carboxylic acids is 1. The third-order valence-electron chi connectivity index (χ3n) is 3.83. The van der Waals surface area contributed by atoms with E-state index in [1.807, 2.05) is 24.3 Å². The van der Waals surface area contributed by atoms with Gasteiger partial charge < -0.3 is 4.79 Å². The van der Waals surface area contributed by atoms with Crippen LogP contribution in [0, 0.1) is 5.82 Å². The molecule has 2 heteroatoms. The van der Waals surface area contributed by atoms with Crippen molar-refractivity contribution in [3.63, 3.8) is 0 Å². The number of allylic oxidation sites excluding steroid dienone is 1. The molecule has 0 aliphatic heterocycles. The average molecular weight is 266 g/mol. The third-order valence-corrected chi connectivity index (χ3v) is 3.83. The molecule has 2 aromatic rings. The Morgan fingerprint density at radius 1 is 1.00 bits per heavy atom. The van der Waals surface area contributed by atoms with Gasteiger partial charge in [-0.3, -0.25) is 0 Å². The number of carbonyl (C=O) groups is 1. The fourth-order valence-electron chi connectivity index (χ4n) is 2.80.